The quantitative estimate of drug-likeness (QED) is 0.791. The fourth-order valence-electron chi connectivity index (χ4n) is 3.23. The van der Waals surface area contributed by atoms with Gasteiger partial charge in [-0.1, -0.05) is 0 Å². The molecule has 2 amide bonds. The van der Waals surface area contributed by atoms with E-state index in [0.717, 1.165) is 64.7 Å². The lowest BCUT2D eigenvalue weighted by Gasteiger charge is -2.33. The molecule has 3 fully saturated rings. The van der Waals surface area contributed by atoms with Gasteiger partial charge in [-0.2, -0.15) is 0 Å². The topological polar surface area (TPSA) is 61.4 Å². The molecule has 0 bridgehead atoms. The van der Waals surface area contributed by atoms with Crippen molar-refractivity contribution in [3.63, 3.8) is 0 Å². The lowest BCUT2D eigenvalue weighted by molar-refractivity contribution is -0.133. The average Bonchev–Trinajstić information content (AvgIpc) is 3.33. The van der Waals surface area contributed by atoms with Crippen LogP contribution in [0.25, 0.3) is 0 Å². The van der Waals surface area contributed by atoms with E-state index in [1.807, 2.05) is 4.90 Å². The molecule has 5 nitrogen and oxygen atoms in total. The second-order valence-corrected chi connectivity index (χ2v) is 6.43. The molecular weight excluding hydrogens is 254 g/mol. The van der Waals surface area contributed by atoms with Crippen molar-refractivity contribution in [3.05, 3.63) is 0 Å². The third-order valence-corrected chi connectivity index (χ3v) is 4.75. The molecule has 0 spiro atoms. The molecule has 3 rings (SSSR count). The normalized spacial score (nSPS) is 28.2. The Balaban J connectivity index is 1.41. The van der Waals surface area contributed by atoms with Gasteiger partial charge in [-0.25, -0.2) is 0 Å². The number of rotatable bonds is 3. The highest BCUT2D eigenvalue weighted by Crippen LogP contribution is 2.31. The fourth-order valence-corrected chi connectivity index (χ4v) is 3.23. The maximum absolute atomic E-state index is 12.2. The number of hydrogen-bond acceptors (Lipinski definition) is 3. The Morgan fingerprint density at radius 1 is 1.00 bits per heavy atom. The highest BCUT2D eigenvalue weighted by molar-refractivity contribution is 5.81. The van der Waals surface area contributed by atoms with Crippen LogP contribution in [0.15, 0.2) is 0 Å². The predicted molar refractivity (Wildman–Crippen MR) is 76.1 cm³/mol. The number of likely N-dealkylation sites (tertiary alicyclic amines) is 1. The Morgan fingerprint density at radius 2 is 1.75 bits per heavy atom. The zero-order chi connectivity index (χ0) is 13.9. The highest BCUT2D eigenvalue weighted by Gasteiger charge is 2.35. The molecule has 2 N–H and O–H groups in total. The first kappa shape index (κ1) is 13.9. The molecular formula is C15H25N3O2. The van der Waals surface area contributed by atoms with Gasteiger partial charge >= 0.3 is 0 Å². The molecule has 0 unspecified atom stereocenters. The lowest BCUT2D eigenvalue weighted by Crippen LogP contribution is -2.49. The second kappa shape index (κ2) is 6.12. The minimum absolute atomic E-state index is 0.134. The average molecular weight is 279 g/mol. The highest BCUT2D eigenvalue weighted by atomic mass is 16.2. The van der Waals surface area contributed by atoms with Gasteiger partial charge in [0, 0.05) is 31.6 Å². The molecule has 1 saturated carbocycles. The maximum Gasteiger partial charge on any atom is 0.225 e. The summed E-state index contributed by atoms with van der Waals surface area (Å²) in [5.41, 5.74) is 0. The van der Waals surface area contributed by atoms with E-state index in [-0.39, 0.29) is 17.9 Å². The van der Waals surface area contributed by atoms with Crippen molar-refractivity contribution in [2.75, 3.05) is 26.2 Å². The van der Waals surface area contributed by atoms with Crippen LogP contribution in [0.1, 0.15) is 38.5 Å². The van der Waals surface area contributed by atoms with Gasteiger partial charge in [0.2, 0.25) is 11.8 Å². The van der Waals surface area contributed by atoms with Crippen LogP contribution in [0, 0.1) is 11.8 Å². The van der Waals surface area contributed by atoms with Crippen molar-refractivity contribution < 1.29 is 9.59 Å². The van der Waals surface area contributed by atoms with Crippen molar-refractivity contribution >= 4 is 11.8 Å². The van der Waals surface area contributed by atoms with Crippen molar-refractivity contribution in [1.82, 2.24) is 15.5 Å². The van der Waals surface area contributed by atoms with Crippen molar-refractivity contribution in [1.29, 1.82) is 0 Å². The Morgan fingerprint density at radius 3 is 2.35 bits per heavy atom. The smallest absolute Gasteiger partial charge is 0.225 e. The van der Waals surface area contributed by atoms with Gasteiger partial charge in [-0.15, -0.1) is 0 Å². The second-order valence-electron chi connectivity index (χ2n) is 6.43. The van der Waals surface area contributed by atoms with Crippen LogP contribution in [-0.2, 0) is 9.59 Å². The number of nitrogens with one attached hydrogen (secondary N) is 2. The van der Waals surface area contributed by atoms with Gasteiger partial charge in [0.05, 0.1) is 5.92 Å². The molecule has 3 aliphatic rings. The molecule has 5 heteroatoms. The van der Waals surface area contributed by atoms with Crippen LogP contribution < -0.4 is 10.6 Å². The van der Waals surface area contributed by atoms with Crippen molar-refractivity contribution in [2.24, 2.45) is 11.8 Å². The van der Waals surface area contributed by atoms with E-state index in [1.54, 1.807) is 0 Å². The number of nitrogens with zero attached hydrogens (tertiary/aromatic N) is 1. The molecule has 1 atom stereocenters. The van der Waals surface area contributed by atoms with Crippen LogP contribution >= 0.6 is 0 Å². The molecule has 0 aromatic rings. The number of piperidine rings is 2. The summed E-state index contributed by atoms with van der Waals surface area (Å²) in [5, 5.41) is 6.46. The van der Waals surface area contributed by atoms with E-state index < -0.39 is 0 Å². The Labute approximate surface area is 120 Å². The summed E-state index contributed by atoms with van der Waals surface area (Å²) in [6.45, 7) is 3.46. The summed E-state index contributed by atoms with van der Waals surface area (Å²) in [7, 11) is 0. The largest absolute Gasteiger partial charge is 0.353 e. The molecule has 0 aromatic heterocycles. The third kappa shape index (κ3) is 3.32. The predicted octanol–water partition coefficient (Wildman–Crippen LogP) is 0.503. The van der Waals surface area contributed by atoms with Crippen LogP contribution in [0.4, 0.5) is 0 Å². The standard InChI is InChI=1S/C15H25N3O2/c19-14(12-2-1-7-16-10-12)17-13-5-8-18(9-6-13)15(20)11-3-4-11/h11-13,16H,1-10H2,(H,17,19)/t12-/m0/s1. The number of carbonyl (C=O) groups excluding carboxylic acids is 2. The van der Waals surface area contributed by atoms with Crippen molar-refractivity contribution in [2.45, 2.75) is 44.6 Å². The monoisotopic (exact) mass is 279 g/mol. The van der Waals surface area contributed by atoms with Crippen LogP contribution in [0.3, 0.4) is 0 Å². The van der Waals surface area contributed by atoms with Gasteiger partial charge in [0.25, 0.3) is 0 Å². The zero-order valence-corrected chi connectivity index (χ0v) is 12.1. The molecule has 0 aromatic carbocycles. The number of carbonyl (C=O) groups is 2. The summed E-state index contributed by atoms with van der Waals surface area (Å²) in [6, 6.07) is 0.257. The van der Waals surface area contributed by atoms with Gasteiger partial charge in [-0.05, 0) is 45.1 Å². The summed E-state index contributed by atoms with van der Waals surface area (Å²) in [5.74, 6) is 0.986. The maximum atomic E-state index is 12.2. The Kier molecular flexibility index (Phi) is 4.24. The number of amides is 2. The van der Waals surface area contributed by atoms with E-state index in [0.29, 0.717) is 11.8 Å². The van der Waals surface area contributed by atoms with Crippen LogP contribution in [0.5, 0.6) is 0 Å². The van der Waals surface area contributed by atoms with E-state index in [2.05, 4.69) is 10.6 Å². The minimum Gasteiger partial charge on any atom is -0.353 e. The molecule has 20 heavy (non-hydrogen) atoms. The third-order valence-electron chi connectivity index (χ3n) is 4.75. The molecule has 2 saturated heterocycles. The van der Waals surface area contributed by atoms with E-state index in [9.17, 15) is 9.59 Å². The van der Waals surface area contributed by atoms with Crippen molar-refractivity contribution in [3.8, 4) is 0 Å². The first-order chi connectivity index (χ1) is 9.74. The van der Waals surface area contributed by atoms with E-state index in [1.165, 1.54) is 0 Å². The van der Waals surface area contributed by atoms with E-state index in [4.69, 9.17) is 0 Å². The zero-order valence-electron chi connectivity index (χ0n) is 12.1. The Bertz CT molecular complexity index is 367. The fraction of sp³-hybridized carbons (Fsp3) is 0.867. The number of hydrogen-bond donors (Lipinski definition) is 2. The van der Waals surface area contributed by atoms with Gasteiger partial charge in [0.1, 0.15) is 0 Å². The summed E-state index contributed by atoms with van der Waals surface area (Å²) in [6.07, 6.45) is 6.05. The van der Waals surface area contributed by atoms with Gasteiger partial charge in [-0.3, -0.25) is 9.59 Å². The summed E-state index contributed by atoms with van der Waals surface area (Å²) >= 11 is 0. The molecule has 1 aliphatic carbocycles. The van der Waals surface area contributed by atoms with Gasteiger partial charge < -0.3 is 15.5 Å². The SMILES string of the molecule is O=C(NC1CCN(C(=O)C2CC2)CC1)[C@H]1CCCNC1. The summed E-state index contributed by atoms with van der Waals surface area (Å²) < 4.78 is 0. The lowest BCUT2D eigenvalue weighted by atomic mass is 9.97. The Hall–Kier alpha value is -1.10. The van der Waals surface area contributed by atoms with E-state index >= 15 is 0 Å². The molecule has 2 aliphatic heterocycles. The first-order valence-electron chi connectivity index (χ1n) is 8.04. The van der Waals surface area contributed by atoms with Crippen LogP contribution in [0.2, 0.25) is 0 Å². The minimum atomic E-state index is 0.134. The molecule has 0 radical (unpaired) electrons. The first-order valence-corrected chi connectivity index (χ1v) is 8.04. The summed E-state index contributed by atoms with van der Waals surface area (Å²) in [4.78, 5) is 26.1. The molecule has 112 valence electrons. The van der Waals surface area contributed by atoms with Crippen LogP contribution in [-0.4, -0.2) is 48.9 Å². The molecule has 2 heterocycles. The van der Waals surface area contributed by atoms with Gasteiger partial charge in [0.15, 0.2) is 0 Å².